The van der Waals surface area contributed by atoms with Gasteiger partial charge >= 0.3 is 0 Å². The summed E-state index contributed by atoms with van der Waals surface area (Å²) >= 11 is 0. The zero-order valence-electron chi connectivity index (χ0n) is 18.5. The number of hydrogen-bond donors (Lipinski definition) is 0. The lowest BCUT2D eigenvalue weighted by atomic mass is 9.83. The fourth-order valence-corrected chi connectivity index (χ4v) is 6.01. The summed E-state index contributed by atoms with van der Waals surface area (Å²) < 4.78 is 12.2. The number of hydrogen-bond acceptors (Lipinski definition) is 5. The highest BCUT2D eigenvalue weighted by molar-refractivity contribution is 5.85. The first-order valence-electron chi connectivity index (χ1n) is 12.0. The van der Waals surface area contributed by atoms with Gasteiger partial charge in [-0.2, -0.15) is 0 Å². The van der Waals surface area contributed by atoms with E-state index < -0.39 is 0 Å². The molecular weight excluding hydrogens is 400 g/mol. The van der Waals surface area contributed by atoms with Gasteiger partial charge in [-0.1, -0.05) is 36.8 Å². The second-order valence-electron chi connectivity index (χ2n) is 9.55. The van der Waals surface area contributed by atoms with E-state index in [4.69, 9.17) is 9.15 Å². The third-order valence-corrected chi connectivity index (χ3v) is 7.59. The minimum absolute atomic E-state index is 0.0162. The van der Waals surface area contributed by atoms with Crippen molar-refractivity contribution in [3.05, 3.63) is 64.5 Å². The van der Waals surface area contributed by atoms with E-state index in [1.165, 1.54) is 45.2 Å². The van der Waals surface area contributed by atoms with E-state index in [2.05, 4.69) is 9.80 Å². The Morgan fingerprint density at radius 3 is 2.75 bits per heavy atom. The van der Waals surface area contributed by atoms with Gasteiger partial charge < -0.3 is 14.1 Å². The average molecular weight is 431 g/mol. The Balaban J connectivity index is 1.29. The first-order chi connectivity index (χ1) is 15.8. The van der Waals surface area contributed by atoms with Gasteiger partial charge in [0.15, 0.2) is 0 Å². The molecule has 0 aliphatic carbocycles. The molecule has 0 saturated carbocycles. The monoisotopic (exact) mass is 430 g/mol. The highest BCUT2D eigenvalue weighted by Gasteiger charge is 2.35. The molecule has 0 spiro atoms. The third-order valence-electron chi connectivity index (χ3n) is 7.59. The molecule has 4 heterocycles. The van der Waals surface area contributed by atoms with E-state index in [9.17, 15) is 4.79 Å². The quantitative estimate of drug-likeness (QED) is 0.593. The van der Waals surface area contributed by atoms with E-state index in [0.717, 1.165) is 36.0 Å². The van der Waals surface area contributed by atoms with Crippen molar-refractivity contribution in [2.75, 3.05) is 26.4 Å². The predicted octanol–water partition coefficient (Wildman–Crippen LogP) is 4.88. The molecule has 2 atom stereocenters. The Hall–Kier alpha value is -2.63. The Morgan fingerprint density at radius 1 is 0.969 bits per heavy atom. The minimum atomic E-state index is 0.0162. The molecule has 0 amide bonds. The SMILES string of the molecule is O=c1c(-c2ccccc2)coc2c3c(ccc12)OCN(C[C@@H]1CCCN2CCCC[C@H]12)C3. The maximum atomic E-state index is 13.3. The summed E-state index contributed by atoms with van der Waals surface area (Å²) in [6.07, 6.45) is 8.24. The maximum absolute atomic E-state index is 13.3. The van der Waals surface area contributed by atoms with Crippen LogP contribution in [0, 0.1) is 5.92 Å². The van der Waals surface area contributed by atoms with Crippen molar-refractivity contribution in [3.63, 3.8) is 0 Å². The summed E-state index contributed by atoms with van der Waals surface area (Å²) in [5.41, 5.74) is 3.17. The van der Waals surface area contributed by atoms with Crippen LogP contribution in [0.3, 0.4) is 0 Å². The topological polar surface area (TPSA) is 45.9 Å². The highest BCUT2D eigenvalue weighted by atomic mass is 16.5. The molecule has 2 aromatic carbocycles. The lowest BCUT2D eigenvalue weighted by Crippen LogP contribution is -2.51. The van der Waals surface area contributed by atoms with Crippen molar-refractivity contribution in [2.24, 2.45) is 5.92 Å². The van der Waals surface area contributed by atoms with Gasteiger partial charge in [0.2, 0.25) is 5.43 Å². The summed E-state index contributed by atoms with van der Waals surface area (Å²) in [7, 11) is 0. The zero-order valence-corrected chi connectivity index (χ0v) is 18.5. The maximum Gasteiger partial charge on any atom is 0.200 e. The van der Waals surface area contributed by atoms with Gasteiger partial charge in [0.25, 0.3) is 0 Å². The van der Waals surface area contributed by atoms with Gasteiger partial charge in [0.1, 0.15) is 24.3 Å². The molecule has 3 aliphatic rings. The average Bonchev–Trinajstić information content (AvgIpc) is 2.85. The molecule has 1 aromatic heterocycles. The summed E-state index contributed by atoms with van der Waals surface area (Å²) in [6, 6.07) is 14.2. The van der Waals surface area contributed by atoms with Crippen LogP contribution in [-0.4, -0.2) is 42.2 Å². The Bertz CT molecular complexity index is 1170. The van der Waals surface area contributed by atoms with Crippen molar-refractivity contribution >= 4 is 11.0 Å². The molecule has 3 aromatic rings. The van der Waals surface area contributed by atoms with Crippen LogP contribution in [0.1, 0.15) is 37.7 Å². The zero-order chi connectivity index (χ0) is 21.5. The summed E-state index contributed by atoms with van der Waals surface area (Å²) in [5.74, 6) is 1.54. The molecular formula is C27H30N2O3. The van der Waals surface area contributed by atoms with E-state index in [0.29, 0.717) is 29.2 Å². The van der Waals surface area contributed by atoms with Gasteiger partial charge in [0, 0.05) is 19.1 Å². The number of rotatable bonds is 3. The van der Waals surface area contributed by atoms with Gasteiger partial charge in [0.05, 0.1) is 16.5 Å². The summed E-state index contributed by atoms with van der Waals surface area (Å²) in [5, 5.41) is 0.631. The molecule has 0 N–H and O–H groups in total. The normalized spacial score (nSPS) is 24.0. The number of ether oxygens (including phenoxy) is 1. The van der Waals surface area contributed by atoms with Crippen LogP contribution in [0.4, 0.5) is 0 Å². The standard InChI is InChI=1S/C27H30N2O3/c30-26-21-11-12-25-22(27(21)31-17-23(26)19-7-2-1-3-8-19)16-28(18-32-25)15-20-9-6-14-29-13-5-4-10-24(20)29/h1-3,7-8,11-12,17,20,24H,4-6,9-10,13-16,18H2/t20-,24+/m0/s1. The molecule has 6 rings (SSSR count). The fourth-order valence-electron chi connectivity index (χ4n) is 6.01. The van der Waals surface area contributed by atoms with E-state index in [1.54, 1.807) is 6.26 Å². The molecule has 5 heteroatoms. The Morgan fingerprint density at radius 2 is 1.84 bits per heavy atom. The van der Waals surface area contributed by atoms with E-state index >= 15 is 0 Å². The summed E-state index contributed by atoms with van der Waals surface area (Å²) in [4.78, 5) is 18.4. The van der Waals surface area contributed by atoms with E-state index in [-0.39, 0.29) is 5.43 Å². The van der Waals surface area contributed by atoms with Crippen LogP contribution in [0.15, 0.2) is 57.9 Å². The molecule has 0 radical (unpaired) electrons. The number of piperidine rings is 2. The Kier molecular flexibility index (Phi) is 5.24. The largest absolute Gasteiger partial charge is 0.478 e. The van der Waals surface area contributed by atoms with E-state index in [1.807, 2.05) is 42.5 Å². The molecule has 166 valence electrons. The van der Waals surface area contributed by atoms with Crippen molar-refractivity contribution in [1.29, 1.82) is 0 Å². The molecule has 3 aliphatic heterocycles. The first kappa shape index (κ1) is 20.0. The number of benzene rings is 2. The fraction of sp³-hybridized carbons (Fsp3) is 0.444. The lowest BCUT2D eigenvalue weighted by Gasteiger charge is -2.46. The van der Waals surface area contributed by atoms with Gasteiger partial charge in [-0.05, 0) is 62.4 Å². The highest BCUT2D eigenvalue weighted by Crippen LogP contribution is 2.35. The van der Waals surface area contributed by atoms with Crippen LogP contribution in [0.5, 0.6) is 5.75 Å². The van der Waals surface area contributed by atoms with Crippen LogP contribution in [0.2, 0.25) is 0 Å². The molecule has 5 nitrogen and oxygen atoms in total. The van der Waals surface area contributed by atoms with Gasteiger partial charge in [-0.3, -0.25) is 9.69 Å². The predicted molar refractivity (Wildman–Crippen MR) is 126 cm³/mol. The molecule has 0 bridgehead atoms. The Labute approximate surface area is 188 Å². The smallest absolute Gasteiger partial charge is 0.200 e. The van der Waals surface area contributed by atoms with Crippen molar-refractivity contribution in [2.45, 2.75) is 44.7 Å². The third kappa shape index (κ3) is 3.54. The first-order valence-corrected chi connectivity index (χ1v) is 12.0. The van der Waals surface area contributed by atoms with Gasteiger partial charge in [-0.15, -0.1) is 0 Å². The minimum Gasteiger partial charge on any atom is -0.478 e. The summed E-state index contributed by atoms with van der Waals surface area (Å²) in [6.45, 7) is 4.95. The second kappa shape index (κ2) is 8.38. The molecule has 2 fully saturated rings. The van der Waals surface area contributed by atoms with Crippen LogP contribution >= 0.6 is 0 Å². The van der Waals surface area contributed by atoms with Crippen LogP contribution in [0.25, 0.3) is 22.1 Å². The van der Waals surface area contributed by atoms with Crippen LogP contribution < -0.4 is 10.2 Å². The number of nitrogens with zero attached hydrogens (tertiary/aromatic N) is 2. The van der Waals surface area contributed by atoms with Crippen molar-refractivity contribution in [3.8, 4) is 16.9 Å². The number of fused-ring (bicyclic) bond motifs is 4. The molecule has 32 heavy (non-hydrogen) atoms. The lowest BCUT2D eigenvalue weighted by molar-refractivity contribution is 0.0146. The second-order valence-corrected chi connectivity index (χ2v) is 9.55. The molecule has 2 saturated heterocycles. The van der Waals surface area contributed by atoms with Crippen LogP contribution in [-0.2, 0) is 6.54 Å². The van der Waals surface area contributed by atoms with Crippen molar-refractivity contribution in [1.82, 2.24) is 9.80 Å². The van der Waals surface area contributed by atoms with Gasteiger partial charge in [-0.25, -0.2) is 0 Å². The molecule has 0 unspecified atom stereocenters. The van der Waals surface area contributed by atoms with Crippen molar-refractivity contribution < 1.29 is 9.15 Å².